The van der Waals surface area contributed by atoms with Gasteiger partial charge in [0, 0.05) is 33.1 Å². The molecule has 7 aromatic carbocycles. The summed E-state index contributed by atoms with van der Waals surface area (Å²) in [4.78, 5) is 0. The normalized spacial score (nSPS) is 12.2. The molecule has 0 unspecified atom stereocenters. The van der Waals surface area contributed by atoms with E-state index in [9.17, 15) is 0 Å². The van der Waals surface area contributed by atoms with Gasteiger partial charge in [0.15, 0.2) is 0 Å². The van der Waals surface area contributed by atoms with Gasteiger partial charge in [0.25, 0.3) is 0 Å². The van der Waals surface area contributed by atoms with Gasteiger partial charge in [0.1, 0.15) is 0 Å². The maximum Gasteiger partial charge on any atom is 0.242 e. The molecule has 0 fully saturated rings. The fraction of sp³-hybridized carbons (Fsp3) is 0. The SMILES string of the molecule is c1ccc(-n2c3c(c4ccccc42)-c2ccccc2B(c2ccc(-n4c5ccccc5c5ccccc54)cc2)c2ccccc2-3)cc1. The smallest absolute Gasteiger partial charge is 0.242 e. The zero-order valence-electron chi connectivity index (χ0n) is 25.7. The first-order valence-corrected chi connectivity index (χ1v) is 16.3. The lowest BCUT2D eigenvalue weighted by molar-refractivity contribution is 1.14. The van der Waals surface area contributed by atoms with Gasteiger partial charge in [-0.25, -0.2) is 0 Å². The highest BCUT2D eigenvalue weighted by atomic mass is 15.0. The Morgan fingerprint density at radius 2 is 0.809 bits per heavy atom. The number of fused-ring (bicyclic) bond motifs is 10. The van der Waals surface area contributed by atoms with Crippen LogP contribution in [0.2, 0.25) is 0 Å². The molecule has 0 saturated carbocycles. The molecule has 10 rings (SSSR count). The molecule has 0 aliphatic carbocycles. The van der Waals surface area contributed by atoms with Crippen LogP contribution in [0.3, 0.4) is 0 Å². The van der Waals surface area contributed by atoms with Crippen molar-refractivity contribution in [1.29, 1.82) is 0 Å². The quantitative estimate of drug-likeness (QED) is 0.180. The van der Waals surface area contributed by atoms with Crippen LogP contribution in [0.1, 0.15) is 0 Å². The van der Waals surface area contributed by atoms with Gasteiger partial charge in [0.05, 0.1) is 22.2 Å². The van der Waals surface area contributed by atoms with E-state index in [1.165, 1.54) is 82.9 Å². The summed E-state index contributed by atoms with van der Waals surface area (Å²) in [6.45, 7) is 0.0741. The number of nitrogens with zero attached hydrogens (tertiary/aromatic N) is 2. The summed E-state index contributed by atoms with van der Waals surface area (Å²) in [6.07, 6.45) is 0. The van der Waals surface area contributed by atoms with Crippen LogP contribution in [0.15, 0.2) is 176 Å². The highest BCUT2D eigenvalue weighted by Crippen LogP contribution is 2.43. The first-order chi connectivity index (χ1) is 23.4. The summed E-state index contributed by atoms with van der Waals surface area (Å²) in [7, 11) is 0. The molecule has 218 valence electrons. The molecule has 2 nitrogen and oxygen atoms in total. The minimum absolute atomic E-state index is 0.0741. The zero-order chi connectivity index (χ0) is 30.9. The maximum atomic E-state index is 2.47. The summed E-state index contributed by atoms with van der Waals surface area (Å²) in [5.41, 5.74) is 15.1. The lowest BCUT2D eigenvalue weighted by atomic mass is 9.36. The summed E-state index contributed by atoms with van der Waals surface area (Å²) in [5.74, 6) is 0. The molecule has 47 heavy (non-hydrogen) atoms. The second kappa shape index (κ2) is 10.2. The van der Waals surface area contributed by atoms with Gasteiger partial charge in [-0.3, -0.25) is 0 Å². The number of aromatic nitrogens is 2. The number of para-hydroxylation sites is 4. The van der Waals surface area contributed by atoms with Crippen molar-refractivity contribution >= 4 is 55.8 Å². The molecule has 1 aliphatic heterocycles. The van der Waals surface area contributed by atoms with E-state index in [1.807, 2.05) is 0 Å². The Bertz CT molecular complexity index is 2570. The molecular formula is C44H29BN2. The third-order valence-electron chi connectivity index (χ3n) is 10.0. The Morgan fingerprint density at radius 1 is 0.340 bits per heavy atom. The third-order valence-corrected chi connectivity index (χ3v) is 10.0. The first kappa shape index (κ1) is 26.2. The van der Waals surface area contributed by atoms with Crippen molar-refractivity contribution in [2.24, 2.45) is 0 Å². The topological polar surface area (TPSA) is 9.86 Å². The van der Waals surface area contributed by atoms with E-state index >= 15 is 0 Å². The average Bonchev–Trinajstić information content (AvgIpc) is 3.62. The Labute approximate surface area is 273 Å². The van der Waals surface area contributed by atoms with Gasteiger partial charge in [0.2, 0.25) is 6.71 Å². The van der Waals surface area contributed by atoms with Crippen LogP contribution >= 0.6 is 0 Å². The van der Waals surface area contributed by atoms with E-state index in [0.29, 0.717) is 0 Å². The largest absolute Gasteiger partial charge is 0.309 e. The third kappa shape index (κ3) is 3.80. The molecule has 0 amide bonds. The van der Waals surface area contributed by atoms with Crippen molar-refractivity contribution in [2.45, 2.75) is 0 Å². The van der Waals surface area contributed by atoms with E-state index in [2.05, 4.69) is 185 Å². The van der Waals surface area contributed by atoms with Crippen molar-refractivity contribution in [1.82, 2.24) is 9.13 Å². The van der Waals surface area contributed by atoms with Crippen molar-refractivity contribution in [3.05, 3.63) is 176 Å². The molecule has 0 atom stereocenters. The van der Waals surface area contributed by atoms with Crippen LogP contribution in [0.5, 0.6) is 0 Å². The Balaban J connectivity index is 1.22. The number of benzene rings is 7. The van der Waals surface area contributed by atoms with Crippen molar-refractivity contribution in [3.8, 4) is 33.8 Å². The number of hydrogen-bond acceptors (Lipinski definition) is 0. The number of hydrogen-bond donors (Lipinski definition) is 0. The monoisotopic (exact) mass is 596 g/mol. The summed E-state index contributed by atoms with van der Waals surface area (Å²) in [5, 5.41) is 3.83. The van der Waals surface area contributed by atoms with Gasteiger partial charge in [-0.2, -0.15) is 0 Å². The summed E-state index contributed by atoms with van der Waals surface area (Å²) >= 11 is 0. The number of rotatable bonds is 3. The maximum absolute atomic E-state index is 2.47. The van der Waals surface area contributed by atoms with Crippen LogP contribution in [-0.4, -0.2) is 15.8 Å². The highest BCUT2D eigenvalue weighted by molar-refractivity contribution is 6.97. The molecule has 2 aromatic heterocycles. The van der Waals surface area contributed by atoms with E-state index in [0.717, 1.165) is 0 Å². The minimum Gasteiger partial charge on any atom is -0.309 e. The van der Waals surface area contributed by atoms with Gasteiger partial charge in [-0.1, -0.05) is 150 Å². The fourth-order valence-electron chi connectivity index (χ4n) is 8.10. The fourth-order valence-corrected chi connectivity index (χ4v) is 8.10. The molecule has 0 N–H and O–H groups in total. The van der Waals surface area contributed by atoms with Crippen LogP contribution in [0.25, 0.3) is 66.5 Å². The molecule has 9 aromatic rings. The second-order valence-electron chi connectivity index (χ2n) is 12.5. The lowest BCUT2D eigenvalue weighted by Crippen LogP contribution is -2.52. The molecular weight excluding hydrogens is 567 g/mol. The van der Waals surface area contributed by atoms with Crippen molar-refractivity contribution in [3.63, 3.8) is 0 Å². The van der Waals surface area contributed by atoms with Gasteiger partial charge in [-0.15, -0.1) is 0 Å². The predicted molar refractivity (Wildman–Crippen MR) is 200 cm³/mol. The second-order valence-corrected chi connectivity index (χ2v) is 12.5. The van der Waals surface area contributed by atoms with Crippen LogP contribution in [-0.2, 0) is 0 Å². The van der Waals surface area contributed by atoms with Gasteiger partial charge >= 0.3 is 0 Å². The standard InChI is InChI=1S/C44H29BN2/c1-2-14-31(15-3-1)47-42-25-13-8-20-37(42)43-35-18-4-9-21-38(35)45(39-22-10-5-19-36(39)44(43)47)30-26-28-32(29-27-30)46-40-23-11-6-16-33(40)34-17-7-12-24-41(34)46/h1-29H. The molecule has 3 heterocycles. The van der Waals surface area contributed by atoms with E-state index in [4.69, 9.17) is 0 Å². The molecule has 0 bridgehead atoms. The lowest BCUT2D eigenvalue weighted by Gasteiger charge is -2.20. The van der Waals surface area contributed by atoms with Crippen LogP contribution < -0.4 is 16.4 Å². The molecule has 3 heteroatoms. The average molecular weight is 597 g/mol. The molecule has 0 spiro atoms. The Morgan fingerprint density at radius 3 is 1.47 bits per heavy atom. The van der Waals surface area contributed by atoms with Gasteiger partial charge < -0.3 is 9.13 Å². The first-order valence-electron chi connectivity index (χ1n) is 16.3. The van der Waals surface area contributed by atoms with Crippen LogP contribution in [0, 0.1) is 0 Å². The Hall–Kier alpha value is -6.06. The predicted octanol–water partition coefficient (Wildman–Crippen LogP) is 8.89. The molecule has 0 radical (unpaired) electrons. The summed E-state index contributed by atoms with van der Waals surface area (Å²) in [6, 6.07) is 64.5. The molecule has 1 aliphatic rings. The van der Waals surface area contributed by atoms with E-state index < -0.39 is 0 Å². The van der Waals surface area contributed by atoms with Crippen molar-refractivity contribution in [2.75, 3.05) is 0 Å². The Kier molecular flexibility index (Phi) is 5.70. The minimum atomic E-state index is 0.0741. The van der Waals surface area contributed by atoms with Crippen molar-refractivity contribution < 1.29 is 0 Å². The molecule has 0 saturated heterocycles. The van der Waals surface area contributed by atoms with Gasteiger partial charge in [-0.05, 0) is 53.6 Å². The highest BCUT2D eigenvalue weighted by Gasteiger charge is 2.34. The zero-order valence-corrected chi connectivity index (χ0v) is 25.7. The van der Waals surface area contributed by atoms with E-state index in [-0.39, 0.29) is 6.71 Å². The van der Waals surface area contributed by atoms with E-state index in [1.54, 1.807) is 0 Å². The summed E-state index contributed by atoms with van der Waals surface area (Å²) < 4.78 is 4.86. The van der Waals surface area contributed by atoms with Crippen LogP contribution in [0.4, 0.5) is 0 Å².